The zero-order chi connectivity index (χ0) is 14.0. The van der Waals surface area contributed by atoms with Gasteiger partial charge in [0.2, 0.25) is 5.91 Å². The maximum atomic E-state index is 13.7. The highest BCUT2D eigenvalue weighted by Gasteiger charge is 2.41. The van der Waals surface area contributed by atoms with Crippen LogP contribution in [0.25, 0.3) is 0 Å². The lowest BCUT2D eigenvalue weighted by Crippen LogP contribution is -2.38. The van der Waals surface area contributed by atoms with E-state index in [1.165, 1.54) is 6.07 Å². The van der Waals surface area contributed by atoms with E-state index in [0.717, 1.165) is 12.1 Å². The molecule has 19 heavy (non-hydrogen) atoms. The van der Waals surface area contributed by atoms with Crippen LogP contribution in [0.5, 0.6) is 0 Å². The van der Waals surface area contributed by atoms with Crippen molar-refractivity contribution in [1.82, 2.24) is 5.32 Å². The molecule has 2 rings (SSSR count). The van der Waals surface area contributed by atoms with E-state index in [9.17, 15) is 18.4 Å². The highest BCUT2D eigenvalue weighted by atomic mass is 19.1. The molecule has 0 saturated carbocycles. The van der Waals surface area contributed by atoms with Crippen molar-refractivity contribution in [3.05, 3.63) is 35.4 Å². The quantitative estimate of drug-likeness (QED) is 0.846. The Kier molecular flexibility index (Phi) is 3.78. The molecule has 2 atom stereocenters. The molecule has 0 spiro atoms. The van der Waals surface area contributed by atoms with Crippen molar-refractivity contribution in [2.24, 2.45) is 0 Å². The average molecular weight is 269 g/mol. The Bertz CT molecular complexity index is 498. The van der Waals surface area contributed by atoms with Crippen LogP contribution >= 0.6 is 0 Å². The van der Waals surface area contributed by atoms with E-state index >= 15 is 0 Å². The smallest absolute Gasteiger partial charge is 0.329 e. The molecule has 6 heteroatoms. The minimum absolute atomic E-state index is 0.137. The molecule has 1 heterocycles. The molecule has 1 amide bonds. The van der Waals surface area contributed by atoms with E-state index in [2.05, 4.69) is 5.32 Å². The number of hydrogen-bond acceptors (Lipinski definition) is 3. The molecule has 1 aromatic carbocycles. The van der Waals surface area contributed by atoms with Crippen molar-refractivity contribution in [3.63, 3.8) is 0 Å². The third kappa shape index (κ3) is 2.57. The van der Waals surface area contributed by atoms with E-state index in [-0.39, 0.29) is 18.6 Å². The van der Waals surface area contributed by atoms with Crippen LogP contribution in [-0.4, -0.2) is 24.5 Å². The SMILES string of the molecule is CCOC(=O)C1NC(=O)CC1c1c(F)cccc1F. The summed E-state index contributed by atoms with van der Waals surface area (Å²) < 4.78 is 32.2. The van der Waals surface area contributed by atoms with E-state index in [1.54, 1.807) is 6.92 Å². The summed E-state index contributed by atoms with van der Waals surface area (Å²) in [7, 11) is 0. The Morgan fingerprint density at radius 2 is 2.05 bits per heavy atom. The summed E-state index contributed by atoms with van der Waals surface area (Å²) in [6.45, 7) is 1.76. The van der Waals surface area contributed by atoms with Crippen molar-refractivity contribution in [1.29, 1.82) is 0 Å². The predicted molar refractivity (Wildman–Crippen MR) is 62.3 cm³/mol. The second kappa shape index (κ2) is 5.34. The molecule has 0 radical (unpaired) electrons. The van der Waals surface area contributed by atoms with Gasteiger partial charge in [-0.15, -0.1) is 0 Å². The lowest BCUT2D eigenvalue weighted by Gasteiger charge is -2.18. The maximum Gasteiger partial charge on any atom is 0.329 e. The van der Waals surface area contributed by atoms with Crippen LogP contribution in [0.4, 0.5) is 8.78 Å². The molecule has 0 bridgehead atoms. The number of amides is 1. The van der Waals surface area contributed by atoms with Gasteiger partial charge in [-0.2, -0.15) is 0 Å². The Hall–Kier alpha value is -1.98. The van der Waals surface area contributed by atoms with Gasteiger partial charge in [-0.05, 0) is 19.1 Å². The lowest BCUT2D eigenvalue weighted by molar-refractivity contribution is -0.146. The van der Waals surface area contributed by atoms with Crippen LogP contribution in [0, 0.1) is 11.6 Å². The minimum atomic E-state index is -1.04. The predicted octanol–water partition coefficient (Wildman–Crippen LogP) is 1.50. The Balaban J connectivity index is 2.36. The number of hydrogen-bond donors (Lipinski definition) is 1. The van der Waals surface area contributed by atoms with Crippen molar-refractivity contribution >= 4 is 11.9 Å². The first kappa shape index (κ1) is 13.5. The van der Waals surface area contributed by atoms with E-state index in [1.807, 2.05) is 0 Å². The van der Waals surface area contributed by atoms with Gasteiger partial charge in [0.05, 0.1) is 6.61 Å². The first-order valence-corrected chi connectivity index (χ1v) is 5.94. The lowest BCUT2D eigenvalue weighted by atomic mass is 9.91. The van der Waals surface area contributed by atoms with Gasteiger partial charge in [-0.1, -0.05) is 6.07 Å². The zero-order valence-electron chi connectivity index (χ0n) is 10.3. The third-order valence-corrected chi connectivity index (χ3v) is 3.04. The number of esters is 1. The summed E-state index contributed by atoms with van der Waals surface area (Å²) in [5.74, 6) is -3.52. The minimum Gasteiger partial charge on any atom is -0.464 e. The summed E-state index contributed by atoms with van der Waals surface area (Å²) in [5, 5.41) is 2.39. The molecule has 1 aliphatic rings. The number of nitrogens with one attached hydrogen (secondary N) is 1. The fraction of sp³-hybridized carbons (Fsp3) is 0.385. The molecule has 0 aromatic heterocycles. The van der Waals surface area contributed by atoms with Crippen LogP contribution in [-0.2, 0) is 14.3 Å². The Morgan fingerprint density at radius 3 is 2.63 bits per heavy atom. The Morgan fingerprint density at radius 1 is 1.42 bits per heavy atom. The second-order valence-electron chi connectivity index (χ2n) is 4.24. The number of benzene rings is 1. The first-order valence-electron chi connectivity index (χ1n) is 5.94. The molecular weight excluding hydrogens is 256 g/mol. The molecule has 4 nitrogen and oxygen atoms in total. The monoisotopic (exact) mass is 269 g/mol. The topological polar surface area (TPSA) is 55.4 Å². The van der Waals surface area contributed by atoms with Gasteiger partial charge in [0.1, 0.15) is 17.7 Å². The number of ether oxygens (including phenoxy) is 1. The molecule has 1 aliphatic heterocycles. The number of carbonyl (C=O) groups excluding carboxylic acids is 2. The molecular formula is C13H13F2NO3. The number of halogens is 2. The largest absolute Gasteiger partial charge is 0.464 e. The summed E-state index contributed by atoms with van der Waals surface area (Å²) in [4.78, 5) is 23.1. The van der Waals surface area contributed by atoms with Crippen molar-refractivity contribution in [2.75, 3.05) is 6.61 Å². The highest BCUT2D eigenvalue weighted by Crippen LogP contribution is 2.32. The summed E-state index contributed by atoms with van der Waals surface area (Å²) in [6, 6.07) is 2.39. The summed E-state index contributed by atoms with van der Waals surface area (Å²) >= 11 is 0. The van der Waals surface area contributed by atoms with Gasteiger partial charge in [-0.3, -0.25) is 4.79 Å². The van der Waals surface area contributed by atoms with Crippen LogP contribution in [0.2, 0.25) is 0 Å². The van der Waals surface area contributed by atoms with Crippen LogP contribution < -0.4 is 5.32 Å². The fourth-order valence-corrected chi connectivity index (χ4v) is 2.24. The number of carbonyl (C=O) groups is 2. The van der Waals surface area contributed by atoms with Gasteiger partial charge < -0.3 is 10.1 Å². The number of rotatable bonds is 3. The van der Waals surface area contributed by atoms with E-state index < -0.39 is 35.5 Å². The second-order valence-corrected chi connectivity index (χ2v) is 4.24. The van der Waals surface area contributed by atoms with E-state index in [0.29, 0.717) is 0 Å². The van der Waals surface area contributed by atoms with Gasteiger partial charge >= 0.3 is 5.97 Å². The average Bonchev–Trinajstić information content (AvgIpc) is 2.71. The van der Waals surface area contributed by atoms with Crippen molar-refractivity contribution < 1.29 is 23.1 Å². The van der Waals surface area contributed by atoms with E-state index in [4.69, 9.17) is 4.74 Å². The molecule has 0 aliphatic carbocycles. The van der Waals surface area contributed by atoms with Crippen LogP contribution in [0.3, 0.4) is 0 Å². The normalized spacial score (nSPS) is 22.2. The van der Waals surface area contributed by atoms with Crippen molar-refractivity contribution in [3.8, 4) is 0 Å². The van der Waals surface area contributed by atoms with Crippen LogP contribution in [0.1, 0.15) is 24.8 Å². The van der Waals surface area contributed by atoms with Gasteiger partial charge in [0.25, 0.3) is 0 Å². The first-order chi connectivity index (χ1) is 9.04. The maximum absolute atomic E-state index is 13.7. The highest BCUT2D eigenvalue weighted by molar-refractivity contribution is 5.90. The van der Waals surface area contributed by atoms with Gasteiger partial charge in [0, 0.05) is 17.9 Å². The molecule has 1 aromatic rings. The molecule has 1 N–H and O–H groups in total. The molecule has 1 fully saturated rings. The standard InChI is InChI=1S/C13H13F2NO3/c1-2-19-13(18)12-7(6-10(17)16-12)11-8(14)4-3-5-9(11)15/h3-5,7,12H,2,6H2,1H3,(H,16,17). The third-order valence-electron chi connectivity index (χ3n) is 3.04. The summed E-state index contributed by atoms with van der Waals surface area (Å²) in [5.41, 5.74) is -0.251. The molecule has 2 unspecified atom stereocenters. The Labute approximate surface area is 108 Å². The van der Waals surface area contributed by atoms with Crippen molar-refractivity contribution in [2.45, 2.75) is 25.3 Å². The van der Waals surface area contributed by atoms with Crippen LogP contribution in [0.15, 0.2) is 18.2 Å². The summed E-state index contributed by atoms with van der Waals surface area (Å²) in [6.07, 6.45) is -0.138. The fourth-order valence-electron chi connectivity index (χ4n) is 2.24. The molecule has 1 saturated heterocycles. The van der Waals surface area contributed by atoms with Gasteiger partial charge in [-0.25, -0.2) is 13.6 Å². The van der Waals surface area contributed by atoms with Gasteiger partial charge in [0.15, 0.2) is 0 Å². The zero-order valence-corrected chi connectivity index (χ0v) is 10.3. The molecule has 102 valence electrons.